The monoisotopic (exact) mass is 326 g/mol. The Hall–Kier alpha value is -2.58. The Labute approximate surface area is 128 Å². The van der Waals surface area contributed by atoms with E-state index >= 15 is 0 Å². The Morgan fingerprint density at radius 2 is 2.04 bits per heavy atom. The molecular formula is C14H13F3N4O2. The van der Waals surface area contributed by atoms with Crippen LogP contribution in [0.2, 0.25) is 0 Å². The minimum atomic E-state index is -4.50. The summed E-state index contributed by atoms with van der Waals surface area (Å²) in [6.45, 7) is 0.108. The second-order valence-electron chi connectivity index (χ2n) is 5.42. The van der Waals surface area contributed by atoms with Crippen molar-refractivity contribution in [2.45, 2.75) is 31.0 Å². The molecular weight excluding hydrogens is 313 g/mol. The van der Waals surface area contributed by atoms with Gasteiger partial charge in [0.25, 0.3) is 0 Å². The van der Waals surface area contributed by atoms with Crippen LogP contribution in [-0.4, -0.2) is 25.8 Å². The lowest BCUT2D eigenvalue weighted by molar-refractivity contribution is -0.139. The zero-order valence-corrected chi connectivity index (χ0v) is 11.8. The number of carbonyl (C=O) groups is 1. The number of nitrogen functional groups attached to an aromatic ring is 1. The summed E-state index contributed by atoms with van der Waals surface area (Å²) in [7, 11) is 0. The van der Waals surface area contributed by atoms with Gasteiger partial charge in [-0.05, 0) is 18.1 Å². The van der Waals surface area contributed by atoms with Crippen LogP contribution >= 0.6 is 0 Å². The molecule has 2 aromatic rings. The zero-order valence-electron chi connectivity index (χ0n) is 11.8. The van der Waals surface area contributed by atoms with Gasteiger partial charge in [-0.25, -0.2) is 4.68 Å². The average molecular weight is 326 g/mol. The largest absolute Gasteiger partial charge is 0.481 e. The maximum absolute atomic E-state index is 13.2. The van der Waals surface area contributed by atoms with Crippen molar-refractivity contribution in [2.24, 2.45) is 0 Å². The predicted octanol–water partition coefficient (Wildman–Crippen LogP) is 2.23. The number of nitrogens with two attached hydrogens (primary N) is 1. The first-order valence-corrected chi connectivity index (χ1v) is 6.86. The molecule has 2 atom stereocenters. The third-order valence-electron chi connectivity index (χ3n) is 3.95. The van der Waals surface area contributed by atoms with E-state index in [1.54, 1.807) is 0 Å². The highest BCUT2D eigenvalue weighted by Gasteiger charge is 2.40. The summed E-state index contributed by atoms with van der Waals surface area (Å²) < 4.78 is 40.9. The van der Waals surface area contributed by atoms with Gasteiger partial charge in [0.2, 0.25) is 5.95 Å². The summed E-state index contributed by atoms with van der Waals surface area (Å²) in [5, 5.41) is 13.2. The Morgan fingerprint density at radius 3 is 2.70 bits per heavy atom. The molecule has 9 heteroatoms. The van der Waals surface area contributed by atoms with Crippen LogP contribution in [0.5, 0.6) is 0 Å². The van der Waals surface area contributed by atoms with Crippen molar-refractivity contribution in [1.29, 1.82) is 0 Å². The van der Waals surface area contributed by atoms with Gasteiger partial charge in [-0.2, -0.15) is 18.2 Å². The van der Waals surface area contributed by atoms with Crippen molar-refractivity contribution in [3.8, 4) is 0 Å². The maximum Gasteiger partial charge on any atom is 0.416 e. The molecule has 0 saturated carbocycles. The zero-order chi connectivity index (χ0) is 16.8. The van der Waals surface area contributed by atoms with Crippen molar-refractivity contribution >= 4 is 11.9 Å². The number of fused-ring (bicyclic) bond motifs is 1. The van der Waals surface area contributed by atoms with Crippen LogP contribution < -0.4 is 5.73 Å². The highest BCUT2D eigenvalue weighted by atomic mass is 19.4. The van der Waals surface area contributed by atoms with E-state index in [1.165, 1.54) is 22.9 Å². The molecule has 2 unspecified atom stereocenters. The molecule has 1 aliphatic rings. The lowest BCUT2D eigenvalue weighted by Gasteiger charge is -2.28. The molecule has 1 aliphatic heterocycles. The first-order valence-electron chi connectivity index (χ1n) is 6.86. The highest BCUT2D eigenvalue weighted by Crippen LogP contribution is 2.41. The summed E-state index contributed by atoms with van der Waals surface area (Å²) in [6.07, 6.45) is -4.49. The molecule has 0 amide bonds. The number of hydrogen-bond donors (Lipinski definition) is 2. The van der Waals surface area contributed by atoms with E-state index in [9.17, 15) is 23.1 Å². The number of carboxylic acid groups (broad SMARTS) is 1. The first kappa shape index (κ1) is 15.3. The number of alkyl halides is 3. The molecule has 1 aromatic carbocycles. The molecule has 0 bridgehead atoms. The van der Waals surface area contributed by atoms with Crippen LogP contribution in [0.3, 0.4) is 0 Å². The molecule has 0 spiro atoms. The number of carboxylic acids is 1. The fourth-order valence-electron chi connectivity index (χ4n) is 2.99. The molecule has 2 heterocycles. The molecule has 6 nitrogen and oxygen atoms in total. The third kappa shape index (κ3) is 2.73. The number of benzene rings is 1. The van der Waals surface area contributed by atoms with Crippen molar-refractivity contribution in [1.82, 2.24) is 14.8 Å². The van der Waals surface area contributed by atoms with Gasteiger partial charge in [0.1, 0.15) is 11.7 Å². The first-order chi connectivity index (χ1) is 10.8. The number of rotatable bonds is 2. The average Bonchev–Trinajstić information content (AvgIpc) is 2.85. The van der Waals surface area contributed by atoms with Gasteiger partial charge in [0.05, 0.1) is 12.1 Å². The fourth-order valence-corrected chi connectivity index (χ4v) is 2.99. The van der Waals surface area contributed by atoms with Gasteiger partial charge in [-0.3, -0.25) is 4.79 Å². The number of aromatic nitrogens is 3. The summed E-state index contributed by atoms with van der Waals surface area (Å²) in [5.41, 5.74) is 4.79. The van der Waals surface area contributed by atoms with E-state index in [1.807, 2.05) is 0 Å². The number of anilines is 1. The molecule has 0 fully saturated rings. The number of halogens is 3. The van der Waals surface area contributed by atoms with Crippen molar-refractivity contribution in [3.05, 3.63) is 41.2 Å². The van der Waals surface area contributed by atoms with Gasteiger partial charge >= 0.3 is 12.1 Å². The standard InChI is InChI=1S/C14H13F3N4O2/c15-14(16,17)10-4-2-1-3-8(10)7-5-9(12(22)23)11-19-13(18)20-21(11)6-7/h1-4,7,9H,5-6H2,(H2,18,20)(H,22,23). The third-order valence-corrected chi connectivity index (χ3v) is 3.95. The molecule has 23 heavy (non-hydrogen) atoms. The van der Waals surface area contributed by atoms with Crippen LogP contribution in [0.15, 0.2) is 24.3 Å². The number of aliphatic carboxylic acids is 1. The molecule has 1 aromatic heterocycles. The minimum Gasteiger partial charge on any atom is -0.481 e. The Bertz CT molecular complexity index is 757. The normalized spacial score (nSPS) is 21.0. The lowest BCUT2D eigenvalue weighted by atomic mass is 9.83. The quantitative estimate of drug-likeness (QED) is 0.882. The second kappa shape index (κ2) is 5.25. The van der Waals surface area contributed by atoms with E-state index in [-0.39, 0.29) is 30.3 Å². The summed E-state index contributed by atoms with van der Waals surface area (Å²) in [4.78, 5) is 15.3. The molecule has 122 valence electrons. The number of hydrogen-bond acceptors (Lipinski definition) is 4. The molecule has 0 saturated heterocycles. The highest BCUT2D eigenvalue weighted by molar-refractivity contribution is 5.75. The molecule has 3 rings (SSSR count). The van der Waals surface area contributed by atoms with Crippen molar-refractivity contribution < 1.29 is 23.1 Å². The topological polar surface area (TPSA) is 94.0 Å². The van der Waals surface area contributed by atoms with Crippen LogP contribution in [-0.2, 0) is 17.5 Å². The predicted molar refractivity (Wildman–Crippen MR) is 73.6 cm³/mol. The smallest absolute Gasteiger partial charge is 0.416 e. The van der Waals surface area contributed by atoms with Crippen molar-refractivity contribution in [2.75, 3.05) is 5.73 Å². The summed E-state index contributed by atoms with van der Waals surface area (Å²) in [5.74, 6) is -2.75. The Balaban J connectivity index is 2.05. The van der Waals surface area contributed by atoms with E-state index in [0.29, 0.717) is 0 Å². The van der Waals surface area contributed by atoms with E-state index in [0.717, 1.165) is 6.07 Å². The molecule has 0 radical (unpaired) electrons. The number of nitrogens with zero attached hydrogens (tertiary/aromatic N) is 3. The van der Waals surface area contributed by atoms with Gasteiger partial charge in [-0.15, -0.1) is 5.10 Å². The lowest BCUT2D eigenvalue weighted by Crippen LogP contribution is -2.29. The van der Waals surface area contributed by atoms with E-state index in [2.05, 4.69) is 10.1 Å². The van der Waals surface area contributed by atoms with Crippen LogP contribution in [0.1, 0.15) is 35.2 Å². The van der Waals surface area contributed by atoms with Gasteiger partial charge in [0.15, 0.2) is 0 Å². The Kier molecular flexibility index (Phi) is 3.50. The van der Waals surface area contributed by atoms with Gasteiger partial charge in [0, 0.05) is 5.92 Å². The molecule has 0 aliphatic carbocycles. The fraction of sp³-hybridized carbons (Fsp3) is 0.357. The van der Waals surface area contributed by atoms with Gasteiger partial charge < -0.3 is 10.8 Å². The van der Waals surface area contributed by atoms with E-state index in [4.69, 9.17) is 5.73 Å². The van der Waals surface area contributed by atoms with Crippen LogP contribution in [0.25, 0.3) is 0 Å². The van der Waals surface area contributed by atoms with E-state index < -0.39 is 29.5 Å². The molecule has 3 N–H and O–H groups in total. The minimum absolute atomic E-state index is 0.0144. The van der Waals surface area contributed by atoms with Crippen LogP contribution in [0.4, 0.5) is 19.1 Å². The SMILES string of the molecule is Nc1nc2n(n1)CC(c1ccccc1C(F)(F)F)CC2C(=O)O. The summed E-state index contributed by atoms with van der Waals surface area (Å²) in [6, 6.07) is 5.18. The second-order valence-corrected chi connectivity index (χ2v) is 5.42. The van der Waals surface area contributed by atoms with Crippen molar-refractivity contribution in [3.63, 3.8) is 0 Å². The maximum atomic E-state index is 13.2. The van der Waals surface area contributed by atoms with Gasteiger partial charge in [-0.1, -0.05) is 18.2 Å². The van der Waals surface area contributed by atoms with Crippen LogP contribution in [0, 0.1) is 0 Å². The Morgan fingerprint density at radius 1 is 1.35 bits per heavy atom. The summed E-state index contributed by atoms with van der Waals surface area (Å²) >= 11 is 0.